The van der Waals surface area contributed by atoms with Crippen LogP contribution in [0.5, 0.6) is 11.5 Å². The summed E-state index contributed by atoms with van der Waals surface area (Å²) in [6, 6.07) is 9.42. The Labute approximate surface area is 333 Å². The Morgan fingerprint density at radius 1 is 0.741 bits per heavy atom. The van der Waals surface area contributed by atoms with Gasteiger partial charge in [0.1, 0.15) is 52.0 Å². The predicted octanol–water partition coefficient (Wildman–Crippen LogP) is 10.6. The SMILES string of the molecule is C[n+]1cc(Cl)c(CC(O)c2ccc(OC(F)F)c(CCC3CC3)c2)c(Cl)c1.Cc1c(Cl)c[n+](C)cc1Cl.O=Cc1ccc(OC(F)F)c(CCC2CC2)c1. The van der Waals surface area contributed by atoms with Crippen LogP contribution >= 0.6 is 46.4 Å². The average Bonchev–Trinajstić information content (AvgIpc) is 4.04. The maximum absolute atomic E-state index is 12.7. The predicted molar refractivity (Wildman–Crippen MR) is 202 cm³/mol. The van der Waals surface area contributed by atoms with Crippen molar-refractivity contribution < 1.29 is 46.1 Å². The van der Waals surface area contributed by atoms with E-state index in [1.165, 1.54) is 43.9 Å². The molecule has 1 N–H and O–H groups in total. The third-order valence-electron chi connectivity index (χ3n) is 9.12. The van der Waals surface area contributed by atoms with Gasteiger partial charge in [-0.1, -0.05) is 78.2 Å². The van der Waals surface area contributed by atoms with E-state index in [1.807, 2.05) is 38.0 Å². The first-order chi connectivity index (χ1) is 25.6. The molecule has 1 unspecified atom stereocenters. The number of aliphatic hydroxyl groups excluding tert-OH is 1. The van der Waals surface area contributed by atoms with Crippen LogP contribution in [0.2, 0.25) is 20.1 Å². The van der Waals surface area contributed by atoms with Crippen LogP contribution in [0.4, 0.5) is 17.6 Å². The van der Waals surface area contributed by atoms with E-state index >= 15 is 0 Å². The van der Waals surface area contributed by atoms with E-state index in [0.717, 1.165) is 18.4 Å². The lowest BCUT2D eigenvalue weighted by atomic mass is 9.97. The zero-order chi connectivity index (χ0) is 39.5. The number of carbonyl (C=O) groups excluding carboxylic acids is 1. The lowest BCUT2D eigenvalue weighted by Gasteiger charge is -2.16. The van der Waals surface area contributed by atoms with Crippen molar-refractivity contribution in [3.8, 4) is 11.5 Å². The van der Waals surface area contributed by atoms with Crippen molar-refractivity contribution in [1.29, 1.82) is 0 Å². The Bertz CT molecular complexity index is 1830. The molecular formula is C40H44Cl4F4N2O4+2. The van der Waals surface area contributed by atoms with E-state index < -0.39 is 19.3 Å². The summed E-state index contributed by atoms with van der Waals surface area (Å²) in [6.07, 6.45) is 15.2. The van der Waals surface area contributed by atoms with Gasteiger partial charge in [-0.25, -0.2) is 9.13 Å². The second-order valence-electron chi connectivity index (χ2n) is 13.6. The van der Waals surface area contributed by atoms with Crippen molar-refractivity contribution >= 4 is 52.7 Å². The second-order valence-corrected chi connectivity index (χ2v) is 15.3. The largest absolute Gasteiger partial charge is 0.435 e. The molecule has 2 saturated carbocycles. The molecule has 6 nitrogen and oxygen atoms in total. The van der Waals surface area contributed by atoms with Crippen molar-refractivity contribution in [3.63, 3.8) is 0 Å². The highest BCUT2D eigenvalue weighted by Gasteiger charge is 2.24. The molecule has 14 heteroatoms. The van der Waals surface area contributed by atoms with Crippen molar-refractivity contribution in [3.05, 3.63) is 115 Å². The van der Waals surface area contributed by atoms with E-state index in [4.69, 9.17) is 46.4 Å². The van der Waals surface area contributed by atoms with Gasteiger partial charge >= 0.3 is 13.2 Å². The molecule has 292 valence electrons. The number of aryl methyl sites for hydroxylation is 4. The minimum atomic E-state index is -2.87. The topological polar surface area (TPSA) is 63.5 Å². The summed E-state index contributed by atoms with van der Waals surface area (Å²) >= 11 is 24.1. The molecule has 6 rings (SSSR count). The molecule has 54 heavy (non-hydrogen) atoms. The molecule has 0 aliphatic heterocycles. The van der Waals surface area contributed by atoms with Crippen molar-refractivity contribution in [2.24, 2.45) is 25.9 Å². The standard InChI is InChI=1S/C20H22Cl2F2NO2.C13H14F2O2.C7H8Cl2N/c1-25-10-16(21)15(17(22)11-25)9-18(26)13-6-7-19(27-20(23)24)14(8-13)5-4-12-2-3-12;14-13(15)17-12-6-4-10(8-16)7-11(12)5-3-9-1-2-9;1-5-6(8)3-10(2)4-7(5)9/h6-8,10-12,18,20,26H,2-5,9H2,1H3;4,6-9,13H,1-3,5H2;3-4H,1-2H3/q+1;;+1. The van der Waals surface area contributed by atoms with Crippen LogP contribution in [0.25, 0.3) is 0 Å². The number of hydrogen-bond acceptors (Lipinski definition) is 4. The number of carbonyl (C=O) groups is 1. The van der Waals surface area contributed by atoms with Crippen LogP contribution in [-0.2, 0) is 33.4 Å². The van der Waals surface area contributed by atoms with Crippen LogP contribution in [0, 0.1) is 18.8 Å². The summed E-state index contributed by atoms with van der Waals surface area (Å²) < 4.78 is 62.4. The molecule has 2 aliphatic carbocycles. The molecule has 1 atom stereocenters. The van der Waals surface area contributed by atoms with Gasteiger partial charge in [-0.05, 0) is 97.0 Å². The molecule has 0 spiro atoms. The lowest BCUT2D eigenvalue weighted by Crippen LogP contribution is -2.27. The zero-order valence-electron chi connectivity index (χ0n) is 30.2. The molecule has 4 aromatic rings. The van der Waals surface area contributed by atoms with Gasteiger partial charge in [0, 0.05) is 17.5 Å². The summed E-state index contributed by atoms with van der Waals surface area (Å²) in [5, 5.41) is 13.0. The number of ether oxygens (including phenoxy) is 2. The highest BCUT2D eigenvalue weighted by molar-refractivity contribution is 6.36. The summed E-state index contributed by atoms with van der Waals surface area (Å²) in [5.41, 5.74) is 4.09. The lowest BCUT2D eigenvalue weighted by molar-refractivity contribution is -0.671. The number of nitrogens with zero attached hydrogens (tertiary/aromatic N) is 2. The molecular weight excluding hydrogens is 790 g/mol. The molecule has 0 bridgehead atoms. The van der Waals surface area contributed by atoms with Crippen molar-refractivity contribution in [2.75, 3.05) is 0 Å². The molecule has 2 aliphatic rings. The van der Waals surface area contributed by atoms with Crippen LogP contribution in [0.15, 0.2) is 61.2 Å². The summed E-state index contributed by atoms with van der Waals surface area (Å²) in [5.74, 6) is 1.74. The highest BCUT2D eigenvalue weighted by atomic mass is 35.5. The Morgan fingerprint density at radius 2 is 1.19 bits per heavy atom. The van der Waals surface area contributed by atoms with Crippen LogP contribution in [0.3, 0.4) is 0 Å². The molecule has 2 aromatic heterocycles. The van der Waals surface area contributed by atoms with Gasteiger partial charge in [-0.15, -0.1) is 0 Å². The number of aromatic nitrogens is 2. The monoisotopic (exact) mass is 832 g/mol. The quantitative estimate of drug-likeness (QED) is 0.0781. The molecule has 2 fully saturated rings. The smallest absolute Gasteiger partial charge is 0.387 e. The molecule has 2 heterocycles. The molecule has 0 amide bonds. The van der Waals surface area contributed by atoms with Gasteiger partial charge in [0.05, 0.1) is 6.10 Å². The van der Waals surface area contributed by atoms with E-state index in [2.05, 4.69) is 9.47 Å². The first-order valence-electron chi connectivity index (χ1n) is 17.6. The van der Waals surface area contributed by atoms with Crippen molar-refractivity contribution in [1.82, 2.24) is 0 Å². The Hall–Kier alpha value is -3.15. The fourth-order valence-corrected chi connectivity index (χ4v) is 6.97. The van der Waals surface area contributed by atoms with E-state index in [-0.39, 0.29) is 17.9 Å². The first-order valence-corrected chi connectivity index (χ1v) is 19.1. The second kappa shape index (κ2) is 20.7. The number of aldehydes is 1. The minimum Gasteiger partial charge on any atom is -0.435 e. The minimum absolute atomic E-state index is 0.171. The number of hydrogen-bond donors (Lipinski definition) is 1. The summed E-state index contributed by atoms with van der Waals surface area (Å²) in [6.45, 7) is -3.80. The van der Waals surface area contributed by atoms with E-state index in [1.54, 1.807) is 35.2 Å². The molecule has 2 aromatic carbocycles. The fraction of sp³-hybridized carbons (Fsp3) is 0.425. The van der Waals surface area contributed by atoms with Crippen LogP contribution in [-0.4, -0.2) is 24.6 Å². The maximum atomic E-state index is 12.7. The fourth-order valence-electron chi connectivity index (χ4n) is 5.70. The summed E-state index contributed by atoms with van der Waals surface area (Å²) in [7, 11) is 3.70. The van der Waals surface area contributed by atoms with Gasteiger partial charge in [-0.2, -0.15) is 17.6 Å². The van der Waals surface area contributed by atoms with Gasteiger partial charge < -0.3 is 14.6 Å². The molecule has 0 saturated heterocycles. The third kappa shape index (κ3) is 14.2. The zero-order valence-corrected chi connectivity index (χ0v) is 33.2. The number of alkyl halides is 4. The number of halogens is 8. The van der Waals surface area contributed by atoms with Crippen LogP contribution < -0.4 is 18.6 Å². The molecule has 0 radical (unpaired) electrons. The van der Waals surface area contributed by atoms with Gasteiger partial charge in [0.25, 0.3) is 0 Å². The number of rotatable bonds is 14. The van der Waals surface area contributed by atoms with Gasteiger partial charge in [0.2, 0.25) is 0 Å². The summed E-state index contributed by atoms with van der Waals surface area (Å²) in [4.78, 5) is 10.7. The Morgan fingerprint density at radius 3 is 1.63 bits per heavy atom. The van der Waals surface area contributed by atoms with Crippen LogP contribution in [0.1, 0.15) is 82.8 Å². The normalized spacial score (nSPS) is 14.2. The van der Waals surface area contributed by atoms with E-state index in [0.29, 0.717) is 78.9 Å². The van der Waals surface area contributed by atoms with Gasteiger partial charge in [0.15, 0.2) is 24.8 Å². The highest BCUT2D eigenvalue weighted by Crippen LogP contribution is 2.37. The van der Waals surface area contributed by atoms with E-state index in [9.17, 15) is 27.5 Å². The third-order valence-corrected chi connectivity index (χ3v) is 10.5. The number of benzene rings is 2. The number of pyridine rings is 2. The maximum Gasteiger partial charge on any atom is 0.387 e. The van der Waals surface area contributed by atoms with Crippen molar-refractivity contribution in [2.45, 2.75) is 84.0 Å². The van der Waals surface area contributed by atoms with Gasteiger partial charge in [-0.3, -0.25) is 4.79 Å². The number of aliphatic hydroxyl groups is 1. The Kier molecular flexibility index (Phi) is 16.7. The average molecular weight is 835 g/mol. The first kappa shape index (κ1) is 43.6. The Balaban J connectivity index is 0.000000204.